The van der Waals surface area contributed by atoms with Gasteiger partial charge in [0, 0.05) is 11.6 Å². The van der Waals surface area contributed by atoms with Crippen LogP contribution in [0, 0.1) is 6.92 Å². The maximum Gasteiger partial charge on any atom is 0.305 e. The zero-order chi connectivity index (χ0) is 15.1. The third kappa shape index (κ3) is 4.91. The van der Waals surface area contributed by atoms with Crippen molar-refractivity contribution in [2.45, 2.75) is 39.2 Å². The Hall–Kier alpha value is -2.04. The molecule has 0 aliphatic heterocycles. The van der Waals surface area contributed by atoms with Gasteiger partial charge in [0.15, 0.2) is 0 Å². The molecule has 20 heavy (non-hydrogen) atoms. The van der Waals surface area contributed by atoms with Crippen LogP contribution in [0.3, 0.4) is 0 Å². The Morgan fingerprint density at radius 3 is 2.65 bits per heavy atom. The molecule has 1 aromatic rings. The zero-order valence-electron chi connectivity index (χ0n) is 12.1. The molecule has 0 saturated carbocycles. The lowest BCUT2D eigenvalue weighted by Crippen LogP contribution is -2.37. The summed E-state index contributed by atoms with van der Waals surface area (Å²) < 4.78 is 5.22. The summed E-state index contributed by atoms with van der Waals surface area (Å²) in [6, 6.07) is 5.30. The molecule has 0 aliphatic rings. The molecule has 1 amide bonds. The summed E-state index contributed by atoms with van der Waals surface area (Å²) in [6.45, 7) is 3.79. The lowest BCUT2D eigenvalue weighted by atomic mass is 10.1. The monoisotopic (exact) mass is 279 g/mol. The molecule has 1 rings (SSSR count). The van der Waals surface area contributed by atoms with Crippen LogP contribution >= 0.6 is 0 Å². The van der Waals surface area contributed by atoms with Crippen LogP contribution in [-0.2, 0) is 16.0 Å². The molecule has 0 saturated heterocycles. The summed E-state index contributed by atoms with van der Waals surface area (Å²) in [5.41, 5.74) is 1.85. The van der Waals surface area contributed by atoms with E-state index in [1.165, 1.54) is 0 Å². The fourth-order valence-electron chi connectivity index (χ4n) is 2.01. The molecule has 0 radical (unpaired) electrons. The SMILES string of the molecule is CCC(CC(=O)O)NC(=O)Cc1cc(C)ccc1OC. The van der Waals surface area contributed by atoms with E-state index in [1.807, 2.05) is 32.0 Å². The number of carbonyl (C=O) groups is 2. The van der Waals surface area contributed by atoms with Crippen LogP contribution in [0.5, 0.6) is 5.75 Å². The smallest absolute Gasteiger partial charge is 0.305 e. The highest BCUT2D eigenvalue weighted by atomic mass is 16.5. The molecule has 5 nitrogen and oxygen atoms in total. The Morgan fingerprint density at radius 1 is 1.40 bits per heavy atom. The molecule has 1 atom stereocenters. The highest BCUT2D eigenvalue weighted by Crippen LogP contribution is 2.20. The summed E-state index contributed by atoms with van der Waals surface area (Å²) in [6.07, 6.45) is 0.706. The highest BCUT2D eigenvalue weighted by molar-refractivity contribution is 5.80. The van der Waals surface area contributed by atoms with Crippen molar-refractivity contribution in [1.29, 1.82) is 0 Å². The molecular formula is C15H21NO4. The predicted molar refractivity (Wildman–Crippen MR) is 75.9 cm³/mol. The quantitative estimate of drug-likeness (QED) is 0.799. The Bertz CT molecular complexity index is 485. The van der Waals surface area contributed by atoms with Gasteiger partial charge in [-0.3, -0.25) is 9.59 Å². The Kier molecular flexibility index (Phi) is 6.03. The number of amides is 1. The fraction of sp³-hybridized carbons (Fsp3) is 0.467. The number of carboxylic acids is 1. The van der Waals surface area contributed by atoms with Crippen LogP contribution in [0.2, 0.25) is 0 Å². The van der Waals surface area contributed by atoms with E-state index in [-0.39, 0.29) is 24.8 Å². The average Bonchev–Trinajstić information content (AvgIpc) is 2.37. The van der Waals surface area contributed by atoms with Crippen LogP contribution in [0.4, 0.5) is 0 Å². The molecule has 0 aromatic heterocycles. The predicted octanol–water partition coefficient (Wildman–Crippen LogP) is 1.92. The Balaban J connectivity index is 2.70. The molecule has 0 aliphatic carbocycles. The molecule has 1 aromatic carbocycles. The lowest BCUT2D eigenvalue weighted by Gasteiger charge is -2.15. The van der Waals surface area contributed by atoms with E-state index >= 15 is 0 Å². The van der Waals surface area contributed by atoms with Crippen LogP contribution < -0.4 is 10.1 Å². The number of carbonyl (C=O) groups excluding carboxylic acids is 1. The fourth-order valence-corrected chi connectivity index (χ4v) is 2.01. The summed E-state index contributed by atoms with van der Waals surface area (Å²) in [5, 5.41) is 11.5. The van der Waals surface area contributed by atoms with Gasteiger partial charge in [-0.25, -0.2) is 0 Å². The van der Waals surface area contributed by atoms with Crippen molar-refractivity contribution >= 4 is 11.9 Å². The van der Waals surface area contributed by atoms with Crippen molar-refractivity contribution in [2.75, 3.05) is 7.11 Å². The van der Waals surface area contributed by atoms with E-state index < -0.39 is 5.97 Å². The van der Waals surface area contributed by atoms with Gasteiger partial charge >= 0.3 is 5.97 Å². The second-order valence-corrected chi connectivity index (χ2v) is 4.76. The minimum Gasteiger partial charge on any atom is -0.496 e. The number of hydrogen-bond acceptors (Lipinski definition) is 3. The maximum absolute atomic E-state index is 12.0. The summed E-state index contributed by atoms with van der Waals surface area (Å²) in [7, 11) is 1.56. The van der Waals surface area contributed by atoms with Gasteiger partial charge in [-0.1, -0.05) is 24.6 Å². The largest absolute Gasteiger partial charge is 0.496 e. The number of aliphatic carboxylic acids is 1. The van der Waals surface area contributed by atoms with Gasteiger partial charge in [-0.05, 0) is 19.4 Å². The number of rotatable bonds is 7. The van der Waals surface area contributed by atoms with Gasteiger partial charge in [-0.15, -0.1) is 0 Å². The third-order valence-electron chi connectivity index (χ3n) is 3.07. The number of ether oxygens (including phenoxy) is 1. The first-order chi connectivity index (χ1) is 9.46. The number of benzene rings is 1. The minimum absolute atomic E-state index is 0.0623. The maximum atomic E-state index is 12.0. The molecule has 0 bridgehead atoms. The summed E-state index contributed by atoms with van der Waals surface area (Å²) in [4.78, 5) is 22.7. The molecule has 0 fully saturated rings. The van der Waals surface area contributed by atoms with Gasteiger partial charge in [0.25, 0.3) is 0 Å². The summed E-state index contributed by atoms with van der Waals surface area (Å²) in [5.74, 6) is -0.440. The van der Waals surface area contributed by atoms with Crippen molar-refractivity contribution in [3.63, 3.8) is 0 Å². The Morgan fingerprint density at radius 2 is 2.10 bits per heavy atom. The molecule has 2 N–H and O–H groups in total. The van der Waals surface area contributed by atoms with E-state index in [4.69, 9.17) is 9.84 Å². The highest BCUT2D eigenvalue weighted by Gasteiger charge is 2.15. The first kappa shape index (κ1) is 16.0. The van der Waals surface area contributed by atoms with E-state index in [2.05, 4.69) is 5.32 Å². The average molecular weight is 279 g/mol. The molecule has 110 valence electrons. The van der Waals surface area contributed by atoms with Crippen molar-refractivity contribution in [1.82, 2.24) is 5.32 Å². The first-order valence-corrected chi connectivity index (χ1v) is 6.61. The van der Waals surface area contributed by atoms with Crippen molar-refractivity contribution < 1.29 is 19.4 Å². The van der Waals surface area contributed by atoms with Gasteiger partial charge in [-0.2, -0.15) is 0 Å². The Labute approximate surface area is 118 Å². The number of carboxylic acid groups (broad SMARTS) is 1. The second kappa shape index (κ2) is 7.53. The molecule has 5 heteroatoms. The topological polar surface area (TPSA) is 75.6 Å². The van der Waals surface area contributed by atoms with Gasteiger partial charge in [0.1, 0.15) is 5.75 Å². The van der Waals surface area contributed by atoms with E-state index in [0.29, 0.717) is 12.2 Å². The van der Waals surface area contributed by atoms with Gasteiger partial charge < -0.3 is 15.2 Å². The van der Waals surface area contributed by atoms with Crippen LogP contribution in [0.1, 0.15) is 30.9 Å². The standard InChI is InChI=1S/C15H21NO4/c1-4-12(9-15(18)19)16-14(17)8-11-7-10(2)5-6-13(11)20-3/h5-7,12H,4,8-9H2,1-3H3,(H,16,17)(H,18,19). The van der Waals surface area contributed by atoms with Crippen LogP contribution in [0.15, 0.2) is 18.2 Å². The van der Waals surface area contributed by atoms with E-state index in [1.54, 1.807) is 7.11 Å². The minimum atomic E-state index is -0.912. The number of nitrogens with one attached hydrogen (secondary N) is 1. The van der Waals surface area contributed by atoms with Crippen molar-refractivity contribution in [3.05, 3.63) is 29.3 Å². The third-order valence-corrected chi connectivity index (χ3v) is 3.07. The first-order valence-electron chi connectivity index (χ1n) is 6.61. The van der Waals surface area contributed by atoms with E-state index in [9.17, 15) is 9.59 Å². The molecular weight excluding hydrogens is 258 g/mol. The molecule has 0 spiro atoms. The van der Waals surface area contributed by atoms with Gasteiger partial charge in [0.2, 0.25) is 5.91 Å². The van der Waals surface area contributed by atoms with Gasteiger partial charge in [0.05, 0.1) is 20.0 Å². The number of aryl methyl sites for hydroxylation is 1. The summed E-state index contributed by atoms with van der Waals surface area (Å²) >= 11 is 0. The molecule has 0 heterocycles. The zero-order valence-corrected chi connectivity index (χ0v) is 12.1. The lowest BCUT2D eigenvalue weighted by molar-refractivity contribution is -0.137. The second-order valence-electron chi connectivity index (χ2n) is 4.76. The van der Waals surface area contributed by atoms with Crippen LogP contribution in [0.25, 0.3) is 0 Å². The number of hydrogen-bond donors (Lipinski definition) is 2. The molecule has 1 unspecified atom stereocenters. The normalized spacial score (nSPS) is 11.8. The number of methoxy groups -OCH3 is 1. The van der Waals surface area contributed by atoms with Crippen LogP contribution in [-0.4, -0.2) is 30.1 Å². The van der Waals surface area contributed by atoms with E-state index in [0.717, 1.165) is 11.1 Å². The van der Waals surface area contributed by atoms with Crippen molar-refractivity contribution in [3.8, 4) is 5.75 Å². The van der Waals surface area contributed by atoms with Crippen molar-refractivity contribution in [2.24, 2.45) is 0 Å².